The first-order valence-electron chi connectivity index (χ1n) is 9.31. The van der Waals surface area contributed by atoms with Crippen LogP contribution in [0.1, 0.15) is 51.3 Å². The SMILES string of the molecule is Cn1nc(C(F)(F)F)c(CS(=O)(=O)C2=NOC(C)(CC3=NOC(C)(C)C3)C2)c1OC(F)F. The van der Waals surface area contributed by atoms with Gasteiger partial charge in [-0.3, -0.25) is 0 Å². The van der Waals surface area contributed by atoms with Crippen molar-refractivity contribution in [3.8, 4) is 5.88 Å². The lowest BCUT2D eigenvalue weighted by molar-refractivity contribution is -0.142. The van der Waals surface area contributed by atoms with Crippen LogP contribution in [0.15, 0.2) is 10.3 Å². The Morgan fingerprint density at radius 2 is 1.81 bits per heavy atom. The van der Waals surface area contributed by atoms with E-state index >= 15 is 0 Å². The molecule has 0 aliphatic carbocycles. The van der Waals surface area contributed by atoms with Crippen molar-refractivity contribution >= 4 is 20.6 Å². The third-order valence-electron chi connectivity index (χ3n) is 4.77. The highest BCUT2D eigenvalue weighted by atomic mass is 32.2. The topological polar surface area (TPSA) is 104 Å². The molecule has 180 valence electrons. The van der Waals surface area contributed by atoms with Gasteiger partial charge < -0.3 is 14.4 Å². The van der Waals surface area contributed by atoms with Gasteiger partial charge in [0.15, 0.2) is 20.6 Å². The summed E-state index contributed by atoms with van der Waals surface area (Å²) in [5.74, 6) is -2.30. The summed E-state index contributed by atoms with van der Waals surface area (Å²) in [4.78, 5) is 10.5. The fourth-order valence-electron chi connectivity index (χ4n) is 3.49. The molecule has 0 aromatic carbocycles. The van der Waals surface area contributed by atoms with E-state index in [1.807, 2.05) is 13.8 Å². The lowest BCUT2D eigenvalue weighted by Crippen LogP contribution is -2.31. The van der Waals surface area contributed by atoms with Gasteiger partial charge in [0.25, 0.3) is 0 Å². The van der Waals surface area contributed by atoms with Gasteiger partial charge in [0.1, 0.15) is 11.2 Å². The van der Waals surface area contributed by atoms with Crippen molar-refractivity contribution in [2.24, 2.45) is 17.4 Å². The van der Waals surface area contributed by atoms with Gasteiger partial charge in [-0.05, 0) is 20.8 Å². The molecule has 2 aliphatic rings. The lowest BCUT2D eigenvalue weighted by atomic mass is 9.91. The lowest BCUT2D eigenvalue weighted by Gasteiger charge is -2.21. The van der Waals surface area contributed by atoms with Crippen LogP contribution in [0, 0.1) is 0 Å². The molecule has 0 spiro atoms. The second-order valence-electron chi connectivity index (χ2n) is 8.46. The van der Waals surface area contributed by atoms with Crippen LogP contribution in [0.2, 0.25) is 0 Å². The van der Waals surface area contributed by atoms with E-state index in [2.05, 4.69) is 20.1 Å². The van der Waals surface area contributed by atoms with Crippen molar-refractivity contribution in [3.05, 3.63) is 11.3 Å². The number of aryl methyl sites for hydroxylation is 1. The minimum absolute atomic E-state index is 0.180. The summed E-state index contributed by atoms with van der Waals surface area (Å²) in [5.41, 5.74) is -3.69. The van der Waals surface area contributed by atoms with Crippen molar-refractivity contribution < 1.29 is 44.8 Å². The minimum atomic E-state index is -5.09. The normalized spacial score (nSPS) is 23.1. The third-order valence-corrected chi connectivity index (χ3v) is 6.38. The summed E-state index contributed by atoms with van der Waals surface area (Å²) < 4.78 is 95.7. The summed E-state index contributed by atoms with van der Waals surface area (Å²) in [6, 6.07) is 0. The molecular formula is C17H21F5N4O5S. The van der Waals surface area contributed by atoms with Gasteiger partial charge in [-0.15, -0.1) is 0 Å². The number of ether oxygens (including phenoxy) is 1. The number of hydrogen-bond donors (Lipinski definition) is 0. The van der Waals surface area contributed by atoms with Crippen LogP contribution >= 0.6 is 0 Å². The average molecular weight is 488 g/mol. The maximum atomic E-state index is 13.4. The fraction of sp³-hybridized carbons (Fsp3) is 0.706. The Balaban J connectivity index is 1.83. The molecule has 0 bridgehead atoms. The summed E-state index contributed by atoms with van der Waals surface area (Å²) in [5, 5.41) is 10.1. The number of hydrogen-bond acceptors (Lipinski definition) is 8. The molecule has 1 atom stereocenters. The molecular weight excluding hydrogens is 467 g/mol. The Kier molecular flexibility index (Phi) is 5.93. The van der Waals surface area contributed by atoms with Gasteiger partial charge in [-0.1, -0.05) is 10.3 Å². The van der Waals surface area contributed by atoms with Crippen molar-refractivity contribution in [3.63, 3.8) is 0 Å². The van der Waals surface area contributed by atoms with E-state index in [0.717, 1.165) is 7.05 Å². The molecule has 1 aromatic heterocycles. The number of sulfone groups is 1. The van der Waals surface area contributed by atoms with E-state index in [4.69, 9.17) is 9.68 Å². The molecule has 3 rings (SSSR count). The highest BCUT2D eigenvalue weighted by Crippen LogP contribution is 2.39. The molecule has 3 heterocycles. The molecule has 0 saturated carbocycles. The van der Waals surface area contributed by atoms with Crippen LogP contribution in [0.3, 0.4) is 0 Å². The zero-order valence-corrected chi connectivity index (χ0v) is 18.4. The maximum absolute atomic E-state index is 13.4. The third kappa shape index (κ3) is 5.13. The molecule has 9 nitrogen and oxygen atoms in total. The molecule has 0 N–H and O–H groups in total. The highest BCUT2D eigenvalue weighted by molar-refractivity contribution is 8.05. The van der Waals surface area contributed by atoms with E-state index in [-0.39, 0.29) is 12.8 Å². The number of oxime groups is 2. The predicted molar refractivity (Wildman–Crippen MR) is 101 cm³/mol. The molecule has 32 heavy (non-hydrogen) atoms. The number of alkyl halides is 5. The number of aromatic nitrogens is 2. The van der Waals surface area contributed by atoms with Gasteiger partial charge in [0.2, 0.25) is 5.88 Å². The highest BCUT2D eigenvalue weighted by Gasteiger charge is 2.45. The Labute approximate surface area is 180 Å². The summed E-state index contributed by atoms with van der Waals surface area (Å²) in [6.07, 6.45) is -4.68. The van der Waals surface area contributed by atoms with Crippen LogP contribution in [0.25, 0.3) is 0 Å². The molecule has 1 aromatic rings. The molecule has 15 heteroatoms. The van der Waals surface area contributed by atoms with E-state index < -0.39 is 61.8 Å². The Morgan fingerprint density at radius 1 is 1.16 bits per heavy atom. The van der Waals surface area contributed by atoms with Gasteiger partial charge in [0, 0.05) is 26.3 Å². The van der Waals surface area contributed by atoms with Crippen molar-refractivity contribution in [1.82, 2.24) is 9.78 Å². The summed E-state index contributed by atoms with van der Waals surface area (Å²) in [6.45, 7) is 1.73. The molecule has 0 saturated heterocycles. The second kappa shape index (κ2) is 7.85. The van der Waals surface area contributed by atoms with Gasteiger partial charge >= 0.3 is 12.8 Å². The van der Waals surface area contributed by atoms with Crippen LogP contribution in [-0.4, -0.2) is 46.8 Å². The largest absolute Gasteiger partial charge is 0.435 e. The van der Waals surface area contributed by atoms with Crippen molar-refractivity contribution in [1.29, 1.82) is 0 Å². The quantitative estimate of drug-likeness (QED) is 0.569. The maximum Gasteiger partial charge on any atom is 0.435 e. The van der Waals surface area contributed by atoms with E-state index in [9.17, 15) is 30.4 Å². The molecule has 1 unspecified atom stereocenters. The Hall–Kier alpha value is -2.45. The van der Waals surface area contributed by atoms with Gasteiger partial charge in [-0.25, -0.2) is 13.1 Å². The van der Waals surface area contributed by atoms with Crippen LogP contribution in [0.5, 0.6) is 5.88 Å². The number of nitrogens with zero attached hydrogens (tertiary/aromatic N) is 4. The van der Waals surface area contributed by atoms with Crippen molar-refractivity contribution in [2.45, 2.75) is 69.8 Å². The minimum Gasteiger partial charge on any atom is -0.417 e. The fourth-order valence-corrected chi connectivity index (χ4v) is 4.98. The van der Waals surface area contributed by atoms with Gasteiger partial charge in [0.05, 0.1) is 17.0 Å². The van der Waals surface area contributed by atoms with E-state index in [1.165, 1.54) is 0 Å². The Bertz CT molecular complexity index is 1060. The summed E-state index contributed by atoms with van der Waals surface area (Å²) in [7, 11) is -3.56. The first kappa shape index (κ1) is 24.2. The second-order valence-corrected chi connectivity index (χ2v) is 10.4. The summed E-state index contributed by atoms with van der Waals surface area (Å²) >= 11 is 0. The average Bonchev–Trinajstić information content (AvgIpc) is 3.25. The monoisotopic (exact) mass is 488 g/mol. The zero-order chi connectivity index (χ0) is 24.1. The number of rotatable bonds is 6. The first-order valence-corrected chi connectivity index (χ1v) is 11.0. The standard InChI is InChI=1S/C17H21F5N4O5S/c1-15(2)5-9(24-30-15)6-16(3)7-11(25-31-16)32(27,28)8-10-12(17(20,21)22)23-26(4)13(10)29-14(18)19/h14H,5-8H2,1-4H3. The molecule has 0 radical (unpaired) electrons. The Morgan fingerprint density at radius 3 is 2.34 bits per heavy atom. The molecule has 0 amide bonds. The van der Waals surface area contributed by atoms with Crippen LogP contribution < -0.4 is 4.74 Å². The predicted octanol–water partition coefficient (Wildman–Crippen LogP) is 3.39. The van der Waals surface area contributed by atoms with E-state index in [0.29, 0.717) is 16.8 Å². The van der Waals surface area contributed by atoms with Crippen LogP contribution in [0.4, 0.5) is 22.0 Å². The molecule has 2 aliphatic heterocycles. The van der Waals surface area contributed by atoms with Gasteiger partial charge in [-0.2, -0.15) is 27.1 Å². The zero-order valence-electron chi connectivity index (χ0n) is 17.5. The molecule has 0 fully saturated rings. The number of halogens is 5. The first-order chi connectivity index (χ1) is 14.5. The van der Waals surface area contributed by atoms with Crippen molar-refractivity contribution in [2.75, 3.05) is 0 Å². The van der Waals surface area contributed by atoms with E-state index in [1.54, 1.807) is 6.92 Å². The van der Waals surface area contributed by atoms with Crippen LogP contribution in [-0.2, 0) is 38.5 Å². The smallest absolute Gasteiger partial charge is 0.417 e.